The summed E-state index contributed by atoms with van der Waals surface area (Å²) in [6, 6.07) is 6.05. The van der Waals surface area contributed by atoms with Gasteiger partial charge in [0.15, 0.2) is 11.5 Å². The van der Waals surface area contributed by atoms with Crippen LogP contribution in [0.5, 0.6) is 11.5 Å². The van der Waals surface area contributed by atoms with Crippen molar-refractivity contribution in [1.82, 2.24) is 14.7 Å². The maximum absolute atomic E-state index is 12.9. The van der Waals surface area contributed by atoms with Crippen molar-refractivity contribution in [3.05, 3.63) is 23.8 Å². The molecule has 8 heteroatoms. The highest BCUT2D eigenvalue weighted by atomic mass is 16.7. The summed E-state index contributed by atoms with van der Waals surface area (Å²) in [6.45, 7) is 7.05. The lowest BCUT2D eigenvalue weighted by Crippen LogP contribution is -2.56. The number of hydrogen-bond donors (Lipinski definition) is 0. The topological polar surface area (TPSA) is 71.6 Å². The third-order valence-corrected chi connectivity index (χ3v) is 5.90. The first-order valence-corrected chi connectivity index (χ1v) is 10.5. The van der Waals surface area contributed by atoms with Crippen LogP contribution in [0, 0.1) is 0 Å². The van der Waals surface area contributed by atoms with Crippen LogP contribution < -0.4 is 9.47 Å². The Morgan fingerprint density at radius 3 is 2.66 bits per heavy atom. The van der Waals surface area contributed by atoms with E-state index < -0.39 is 0 Å². The normalized spacial score (nSPS) is 21.9. The molecule has 0 bridgehead atoms. The van der Waals surface area contributed by atoms with Crippen LogP contribution in [-0.2, 0) is 16.0 Å². The van der Waals surface area contributed by atoms with Gasteiger partial charge in [-0.05, 0) is 37.5 Å². The van der Waals surface area contributed by atoms with Crippen molar-refractivity contribution in [2.45, 2.75) is 32.2 Å². The fourth-order valence-corrected chi connectivity index (χ4v) is 4.30. The summed E-state index contributed by atoms with van der Waals surface area (Å²) in [5.41, 5.74) is 0.949. The van der Waals surface area contributed by atoms with Crippen molar-refractivity contribution < 1.29 is 23.8 Å². The Hall–Kier alpha value is -2.48. The number of rotatable bonds is 4. The second-order valence-corrected chi connectivity index (χ2v) is 7.72. The van der Waals surface area contributed by atoms with Crippen molar-refractivity contribution in [2.75, 3.05) is 52.7 Å². The van der Waals surface area contributed by atoms with Gasteiger partial charge in [0, 0.05) is 45.3 Å². The molecule has 0 spiro atoms. The predicted molar refractivity (Wildman–Crippen MR) is 106 cm³/mol. The summed E-state index contributed by atoms with van der Waals surface area (Å²) in [5.74, 6) is 1.60. The maximum Gasteiger partial charge on any atom is 0.409 e. The molecule has 0 saturated carbocycles. The molecule has 0 unspecified atom stereocenters. The molecular formula is C21H29N3O5. The highest BCUT2D eigenvalue weighted by Crippen LogP contribution is 2.32. The first-order valence-electron chi connectivity index (χ1n) is 10.5. The highest BCUT2D eigenvalue weighted by molar-refractivity contribution is 5.79. The molecule has 0 radical (unpaired) electrons. The van der Waals surface area contributed by atoms with Crippen LogP contribution >= 0.6 is 0 Å². The Bertz CT molecular complexity index is 748. The number of carbonyl (C=O) groups excluding carboxylic acids is 2. The average Bonchev–Trinajstić information content (AvgIpc) is 3.22. The summed E-state index contributed by atoms with van der Waals surface area (Å²) >= 11 is 0. The maximum atomic E-state index is 12.9. The predicted octanol–water partition coefficient (Wildman–Crippen LogP) is 1.72. The monoisotopic (exact) mass is 403 g/mol. The zero-order valence-electron chi connectivity index (χ0n) is 17.0. The van der Waals surface area contributed by atoms with Crippen LogP contribution in [0.2, 0.25) is 0 Å². The van der Waals surface area contributed by atoms with Gasteiger partial charge in [0.1, 0.15) is 0 Å². The van der Waals surface area contributed by atoms with Gasteiger partial charge in [0.2, 0.25) is 12.7 Å². The molecule has 1 aromatic rings. The van der Waals surface area contributed by atoms with Crippen LogP contribution in [0.25, 0.3) is 0 Å². The van der Waals surface area contributed by atoms with E-state index in [1.165, 1.54) is 0 Å². The van der Waals surface area contributed by atoms with E-state index in [1.807, 2.05) is 30.0 Å². The molecular weight excluding hydrogens is 374 g/mol. The number of benzene rings is 1. The Balaban J connectivity index is 1.29. The van der Waals surface area contributed by atoms with Gasteiger partial charge in [-0.15, -0.1) is 0 Å². The number of nitrogens with zero attached hydrogens (tertiary/aromatic N) is 3. The Kier molecular flexibility index (Phi) is 6.08. The van der Waals surface area contributed by atoms with Gasteiger partial charge in [0.05, 0.1) is 13.0 Å². The van der Waals surface area contributed by atoms with Gasteiger partial charge >= 0.3 is 6.09 Å². The van der Waals surface area contributed by atoms with Crippen LogP contribution in [0.1, 0.15) is 25.3 Å². The summed E-state index contributed by atoms with van der Waals surface area (Å²) in [6.07, 6.45) is 2.25. The van der Waals surface area contributed by atoms with Gasteiger partial charge in [-0.3, -0.25) is 9.69 Å². The minimum atomic E-state index is -0.226. The number of hydrogen-bond acceptors (Lipinski definition) is 6. The van der Waals surface area contributed by atoms with Gasteiger partial charge in [-0.1, -0.05) is 6.07 Å². The molecule has 1 aromatic carbocycles. The zero-order chi connectivity index (χ0) is 20.2. The van der Waals surface area contributed by atoms with E-state index in [9.17, 15) is 9.59 Å². The number of piperidine rings is 1. The average molecular weight is 403 g/mol. The molecule has 0 aliphatic carbocycles. The van der Waals surface area contributed by atoms with E-state index in [0.29, 0.717) is 37.9 Å². The minimum absolute atomic E-state index is 0.152. The smallest absolute Gasteiger partial charge is 0.409 e. The molecule has 4 rings (SSSR count). The lowest BCUT2D eigenvalue weighted by molar-refractivity contribution is -0.132. The first kappa shape index (κ1) is 19.8. The highest BCUT2D eigenvalue weighted by Gasteiger charge is 2.31. The van der Waals surface area contributed by atoms with Gasteiger partial charge in [0.25, 0.3) is 0 Å². The Labute approximate surface area is 171 Å². The molecule has 8 nitrogen and oxygen atoms in total. The zero-order valence-corrected chi connectivity index (χ0v) is 17.0. The minimum Gasteiger partial charge on any atom is -0.454 e. The van der Waals surface area contributed by atoms with E-state index >= 15 is 0 Å². The second kappa shape index (κ2) is 8.90. The standard InChI is InChI=1S/C21H29N3O5/c1-2-27-21(26)23-10-8-22(9-11-23)17-4-3-7-24(14-17)20(25)13-16-5-6-18-19(12-16)29-15-28-18/h5-6,12,17H,2-4,7-11,13-15H2,1H3/t17-/m1/s1. The molecule has 3 aliphatic heterocycles. The van der Waals surface area contributed by atoms with Crippen LogP contribution in [0.4, 0.5) is 4.79 Å². The summed E-state index contributed by atoms with van der Waals surface area (Å²) < 4.78 is 15.8. The van der Waals surface area contributed by atoms with Crippen LogP contribution in [0.3, 0.4) is 0 Å². The van der Waals surface area contributed by atoms with E-state index in [1.54, 1.807) is 4.90 Å². The quantitative estimate of drug-likeness (QED) is 0.762. The van der Waals surface area contributed by atoms with E-state index in [0.717, 1.165) is 50.3 Å². The molecule has 2 amide bonds. The molecule has 158 valence electrons. The van der Waals surface area contributed by atoms with Gasteiger partial charge < -0.3 is 24.0 Å². The lowest BCUT2D eigenvalue weighted by atomic mass is 10.0. The molecule has 1 atom stereocenters. The molecule has 0 N–H and O–H groups in total. The molecule has 2 saturated heterocycles. The Morgan fingerprint density at radius 1 is 1.07 bits per heavy atom. The van der Waals surface area contributed by atoms with Gasteiger partial charge in [-0.2, -0.15) is 0 Å². The third-order valence-electron chi connectivity index (χ3n) is 5.90. The van der Waals surface area contributed by atoms with E-state index in [-0.39, 0.29) is 18.8 Å². The van der Waals surface area contributed by atoms with E-state index in [2.05, 4.69) is 4.90 Å². The van der Waals surface area contributed by atoms with Crippen molar-refractivity contribution in [3.8, 4) is 11.5 Å². The number of fused-ring (bicyclic) bond motifs is 1. The van der Waals surface area contributed by atoms with Crippen molar-refractivity contribution >= 4 is 12.0 Å². The number of likely N-dealkylation sites (tertiary alicyclic amines) is 1. The number of ether oxygens (including phenoxy) is 3. The third kappa shape index (κ3) is 4.58. The van der Waals surface area contributed by atoms with Gasteiger partial charge in [-0.25, -0.2) is 4.79 Å². The summed E-state index contributed by atoms with van der Waals surface area (Å²) in [5, 5.41) is 0. The second-order valence-electron chi connectivity index (χ2n) is 7.72. The largest absolute Gasteiger partial charge is 0.454 e. The van der Waals surface area contributed by atoms with Crippen molar-refractivity contribution in [1.29, 1.82) is 0 Å². The molecule has 3 heterocycles. The molecule has 0 aromatic heterocycles. The molecule has 29 heavy (non-hydrogen) atoms. The number of carbonyl (C=O) groups is 2. The SMILES string of the molecule is CCOC(=O)N1CCN([C@@H]2CCCN(C(=O)Cc3ccc4c(c3)OCO4)C2)CC1. The summed E-state index contributed by atoms with van der Waals surface area (Å²) in [4.78, 5) is 30.9. The lowest BCUT2D eigenvalue weighted by Gasteiger charge is -2.43. The fraction of sp³-hybridized carbons (Fsp3) is 0.619. The van der Waals surface area contributed by atoms with Crippen molar-refractivity contribution in [3.63, 3.8) is 0 Å². The summed E-state index contributed by atoms with van der Waals surface area (Å²) in [7, 11) is 0. The fourth-order valence-electron chi connectivity index (χ4n) is 4.30. The van der Waals surface area contributed by atoms with E-state index in [4.69, 9.17) is 14.2 Å². The Morgan fingerprint density at radius 2 is 1.86 bits per heavy atom. The van der Waals surface area contributed by atoms with Crippen molar-refractivity contribution in [2.24, 2.45) is 0 Å². The molecule has 2 fully saturated rings. The first-order chi connectivity index (χ1) is 14.1. The number of amides is 2. The number of piperazine rings is 1. The van der Waals surface area contributed by atoms with Crippen LogP contribution in [-0.4, -0.2) is 85.4 Å². The molecule has 3 aliphatic rings. The van der Waals surface area contributed by atoms with Crippen LogP contribution in [0.15, 0.2) is 18.2 Å².